The molecule has 0 saturated heterocycles. The van der Waals surface area contributed by atoms with Crippen molar-refractivity contribution in [1.29, 1.82) is 0 Å². The van der Waals surface area contributed by atoms with Gasteiger partial charge in [0.2, 0.25) is 5.13 Å². The molecule has 0 amide bonds. The SMILES string of the molecule is CCO.Oc1ccc(Nc2ncns2)cc1.[Ti]. The van der Waals surface area contributed by atoms with Crippen LogP contribution in [0, 0.1) is 0 Å². The molecule has 7 heteroatoms. The fourth-order valence-corrected chi connectivity index (χ4v) is 1.35. The first kappa shape index (κ1) is 16.1. The Labute approximate surface area is 119 Å². The first-order chi connectivity index (χ1) is 7.76. The van der Waals surface area contributed by atoms with Gasteiger partial charge in [-0.05, 0) is 31.2 Å². The van der Waals surface area contributed by atoms with Crippen LogP contribution in [0.1, 0.15) is 6.92 Å². The second-order valence-corrected chi connectivity index (χ2v) is 3.51. The van der Waals surface area contributed by atoms with Crippen molar-refractivity contribution in [3.05, 3.63) is 30.6 Å². The average molecular weight is 287 g/mol. The quantitative estimate of drug-likeness (QED) is 0.581. The van der Waals surface area contributed by atoms with Crippen molar-refractivity contribution in [3.8, 4) is 5.75 Å². The van der Waals surface area contributed by atoms with Gasteiger partial charge in [-0.25, -0.2) is 4.98 Å². The van der Waals surface area contributed by atoms with Crippen LogP contribution in [0.5, 0.6) is 5.75 Å². The summed E-state index contributed by atoms with van der Waals surface area (Å²) >= 11 is 1.29. The number of aliphatic hydroxyl groups excluding tert-OH is 1. The molecule has 2 rings (SSSR count). The van der Waals surface area contributed by atoms with Gasteiger partial charge in [0.15, 0.2) is 0 Å². The molecule has 3 N–H and O–H groups in total. The second kappa shape index (κ2) is 9.12. The minimum absolute atomic E-state index is 0. The smallest absolute Gasteiger partial charge is 0.206 e. The number of phenols is 1. The maximum absolute atomic E-state index is 9.03. The van der Waals surface area contributed by atoms with E-state index in [1.807, 2.05) is 0 Å². The molecule has 0 fully saturated rings. The molecule has 0 aliphatic heterocycles. The number of nitrogens with zero attached hydrogens (tertiary/aromatic N) is 2. The summed E-state index contributed by atoms with van der Waals surface area (Å²) in [5, 5.41) is 20.4. The number of aromatic hydroxyl groups is 1. The van der Waals surface area contributed by atoms with E-state index in [0.717, 1.165) is 10.8 Å². The molecule has 0 aliphatic rings. The Morgan fingerprint density at radius 1 is 1.29 bits per heavy atom. The van der Waals surface area contributed by atoms with Crippen LogP contribution in [0.4, 0.5) is 10.8 Å². The van der Waals surface area contributed by atoms with Crippen LogP contribution in [0.25, 0.3) is 0 Å². The Morgan fingerprint density at radius 3 is 2.35 bits per heavy atom. The first-order valence-corrected chi connectivity index (χ1v) is 5.47. The van der Waals surface area contributed by atoms with Gasteiger partial charge in [-0.3, -0.25) is 0 Å². The van der Waals surface area contributed by atoms with Gasteiger partial charge < -0.3 is 15.5 Å². The molecule has 5 nitrogen and oxygen atoms in total. The Hall–Kier alpha value is -0.946. The molecule has 0 unspecified atom stereocenters. The third-order valence-electron chi connectivity index (χ3n) is 1.48. The fraction of sp³-hybridized carbons (Fsp3) is 0.200. The van der Waals surface area contributed by atoms with Crippen LogP contribution < -0.4 is 5.32 Å². The number of rotatable bonds is 2. The number of aliphatic hydroxyl groups is 1. The van der Waals surface area contributed by atoms with E-state index in [1.165, 1.54) is 17.9 Å². The number of phenolic OH excluding ortho intramolecular Hbond substituents is 1. The molecule has 1 heterocycles. The van der Waals surface area contributed by atoms with E-state index >= 15 is 0 Å². The predicted molar refractivity (Wildman–Crippen MR) is 64.1 cm³/mol. The van der Waals surface area contributed by atoms with Gasteiger partial charge in [0.25, 0.3) is 0 Å². The van der Waals surface area contributed by atoms with E-state index in [9.17, 15) is 0 Å². The molecule has 0 saturated carbocycles. The molecule has 0 aliphatic carbocycles. The number of anilines is 2. The number of nitrogens with one attached hydrogen (secondary N) is 1. The fourth-order valence-electron chi connectivity index (χ4n) is 0.896. The Balaban J connectivity index is 0.000000583. The van der Waals surface area contributed by atoms with Crippen LogP contribution in [0.2, 0.25) is 0 Å². The molecule has 1 aromatic heterocycles. The van der Waals surface area contributed by atoms with Gasteiger partial charge in [0.05, 0.1) is 0 Å². The summed E-state index contributed by atoms with van der Waals surface area (Å²) in [5.74, 6) is 0.253. The van der Waals surface area contributed by atoms with Crippen LogP contribution in [-0.2, 0) is 21.7 Å². The minimum Gasteiger partial charge on any atom is -0.508 e. The normalized spacial score (nSPS) is 8.59. The second-order valence-electron chi connectivity index (χ2n) is 2.73. The van der Waals surface area contributed by atoms with E-state index in [1.54, 1.807) is 31.2 Å². The van der Waals surface area contributed by atoms with Crippen molar-refractivity contribution in [2.24, 2.45) is 0 Å². The minimum atomic E-state index is 0. The third kappa shape index (κ3) is 6.38. The van der Waals surface area contributed by atoms with Gasteiger partial charge >= 0.3 is 0 Å². The van der Waals surface area contributed by atoms with Gasteiger partial charge in [0.1, 0.15) is 12.1 Å². The number of benzene rings is 1. The average Bonchev–Trinajstić information content (AvgIpc) is 2.75. The molecule has 0 bridgehead atoms. The molecular weight excluding hydrogens is 274 g/mol. The summed E-state index contributed by atoms with van der Waals surface area (Å²) in [6.45, 7) is 1.93. The van der Waals surface area contributed by atoms with Crippen LogP contribution in [-0.4, -0.2) is 26.2 Å². The van der Waals surface area contributed by atoms with Crippen molar-refractivity contribution in [1.82, 2.24) is 9.36 Å². The first-order valence-electron chi connectivity index (χ1n) is 4.70. The van der Waals surface area contributed by atoms with Crippen molar-refractivity contribution < 1.29 is 31.9 Å². The third-order valence-corrected chi connectivity index (χ3v) is 2.06. The molecule has 1 aromatic carbocycles. The largest absolute Gasteiger partial charge is 0.508 e. The van der Waals surface area contributed by atoms with Gasteiger partial charge in [-0.15, -0.1) is 0 Å². The standard InChI is InChI=1S/C8H7N3OS.C2H6O.Ti/c12-7-3-1-6(2-4-7)11-8-9-5-10-13-8;1-2-3;/h1-5,12H,(H,9,10,11);3H,2H2,1H3;. The zero-order chi connectivity index (χ0) is 11.8. The maximum atomic E-state index is 9.03. The van der Waals surface area contributed by atoms with Gasteiger partial charge in [0, 0.05) is 45.5 Å². The molecular formula is C10H13N3O2STi. The molecule has 2 aromatic rings. The molecule has 0 spiro atoms. The van der Waals surface area contributed by atoms with Crippen molar-refractivity contribution in [2.45, 2.75) is 6.92 Å². The van der Waals surface area contributed by atoms with Crippen molar-refractivity contribution in [3.63, 3.8) is 0 Å². The van der Waals surface area contributed by atoms with Crippen LogP contribution >= 0.6 is 11.5 Å². The monoisotopic (exact) mass is 287 g/mol. The van der Waals surface area contributed by atoms with Gasteiger partial charge in [-0.2, -0.15) is 4.37 Å². The van der Waals surface area contributed by atoms with E-state index in [-0.39, 0.29) is 34.1 Å². The van der Waals surface area contributed by atoms with E-state index < -0.39 is 0 Å². The molecule has 0 radical (unpaired) electrons. The molecule has 90 valence electrons. The summed E-state index contributed by atoms with van der Waals surface area (Å²) in [5.41, 5.74) is 0.884. The topological polar surface area (TPSA) is 78.3 Å². The summed E-state index contributed by atoms with van der Waals surface area (Å²) in [6.07, 6.45) is 1.49. The summed E-state index contributed by atoms with van der Waals surface area (Å²) < 4.78 is 3.85. The van der Waals surface area contributed by atoms with Gasteiger partial charge in [-0.1, -0.05) is 0 Å². The van der Waals surface area contributed by atoms with E-state index in [0.29, 0.717) is 0 Å². The molecule has 17 heavy (non-hydrogen) atoms. The van der Waals surface area contributed by atoms with E-state index in [4.69, 9.17) is 10.2 Å². The zero-order valence-electron chi connectivity index (χ0n) is 9.29. The van der Waals surface area contributed by atoms with Crippen molar-refractivity contribution in [2.75, 3.05) is 11.9 Å². The predicted octanol–water partition coefficient (Wildman–Crippen LogP) is 1.98. The maximum Gasteiger partial charge on any atom is 0.206 e. The number of aromatic nitrogens is 2. The summed E-state index contributed by atoms with van der Waals surface area (Å²) in [4.78, 5) is 3.97. The zero-order valence-corrected chi connectivity index (χ0v) is 11.7. The Kier molecular flexibility index (Phi) is 8.62. The van der Waals surface area contributed by atoms with Crippen LogP contribution in [0.3, 0.4) is 0 Å². The van der Waals surface area contributed by atoms with Crippen molar-refractivity contribution >= 4 is 22.4 Å². The number of hydrogen-bond donors (Lipinski definition) is 3. The summed E-state index contributed by atoms with van der Waals surface area (Å²) in [6, 6.07) is 6.78. The Bertz CT molecular complexity index is 394. The molecule has 0 atom stereocenters. The number of hydrogen-bond acceptors (Lipinski definition) is 6. The van der Waals surface area contributed by atoms with E-state index in [2.05, 4.69) is 14.7 Å². The Morgan fingerprint density at radius 2 is 1.88 bits per heavy atom. The summed E-state index contributed by atoms with van der Waals surface area (Å²) in [7, 11) is 0. The van der Waals surface area contributed by atoms with Crippen LogP contribution in [0.15, 0.2) is 30.6 Å².